The van der Waals surface area contributed by atoms with Crippen LogP contribution in [0.2, 0.25) is 5.02 Å². The Balaban J connectivity index is 1.85. The first-order valence-corrected chi connectivity index (χ1v) is 12.0. The zero-order valence-electron chi connectivity index (χ0n) is 17.9. The van der Waals surface area contributed by atoms with Crippen LogP contribution in [0.5, 0.6) is 0 Å². The van der Waals surface area contributed by atoms with Gasteiger partial charge in [-0.15, -0.1) is 0 Å². The number of benzene rings is 3. The second kappa shape index (κ2) is 9.12. The third-order valence-corrected chi connectivity index (χ3v) is 6.51. The van der Waals surface area contributed by atoms with E-state index in [0.29, 0.717) is 21.8 Å². The van der Waals surface area contributed by atoms with Gasteiger partial charge in [0.15, 0.2) is 0 Å². The highest BCUT2D eigenvalue weighted by Crippen LogP contribution is 2.26. The molecule has 0 aliphatic heterocycles. The molecular weight excluding hydrogens is 432 g/mol. The van der Waals surface area contributed by atoms with Crippen LogP contribution in [0.3, 0.4) is 0 Å². The summed E-state index contributed by atoms with van der Waals surface area (Å²) in [6, 6.07) is 17.6. The van der Waals surface area contributed by atoms with Crippen LogP contribution in [-0.4, -0.2) is 20.6 Å². The number of halogens is 1. The Hall–Kier alpha value is -2.83. The Morgan fingerprint density at radius 3 is 2.10 bits per heavy atom. The summed E-state index contributed by atoms with van der Waals surface area (Å²) in [5.74, 6) is -0.251. The van der Waals surface area contributed by atoms with E-state index >= 15 is 0 Å². The zero-order valence-corrected chi connectivity index (χ0v) is 19.5. The molecule has 3 rings (SSSR count). The number of sulfonamides is 1. The number of anilines is 2. The maximum absolute atomic E-state index is 12.8. The maximum Gasteiger partial charge on any atom is 0.255 e. The number of rotatable bonds is 6. The third-order valence-electron chi connectivity index (χ3n) is 5.01. The number of carbonyl (C=O) groups is 1. The minimum absolute atomic E-state index is 0.103. The Morgan fingerprint density at radius 2 is 1.55 bits per heavy atom. The lowest BCUT2D eigenvalue weighted by Crippen LogP contribution is -2.29. The lowest BCUT2D eigenvalue weighted by atomic mass is 10.0. The molecule has 3 aromatic rings. The molecule has 0 unspecified atom stereocenters. The predicted molar refractivity (Wildman–Crippen MR) is 128 cm³/mol. The molecule has 0 fully saturated rings. The molecule has 0 heterocycles. The third kappa shape index (κ3) is 5.46. The molecule has 0 radical (unpaired) electrons. The fraction of sp³-hybridized carbons (Fsp3) is 0.208. The van der Waals surface area contributed by atoms with Crippen molar-refractivity contribution in [3.8, 4) is 0 Å². The Kier molecular flexibility index (Phi) is 6.72. The molecule has 162 valence electrons. The van der Waals surface area contributed by atoms with Gasteiger partial charge in [-0.05, 0) is 67.8 Å². The van der Waals surface area contributed by atoms with Crippen LogP contribution >= 0.6 is 11.6 Å². The first-order valence-electron chi connectivity index (χ1n) is 9.76. The number of nitrogens with one attached hydrogen (secondary N) is 1. The van der Waals surface area contributed by atoms with E-state index < -0.39 is 10.0 Å². The lowest BCUT2D eigenvalue weighted by Gasteiger charge is -2.23. The van der Waals surface area contributed by atoms with Crippen molar-refractivity contribution in [2.24, 2.45) is 0 Å². The summed E-state index contributed by atoms with van der Waals surface area (Å²) in [7, 11) is -3.56. The van der Waals surface area contributed by atoms with E-state index in [4.69, 9.17) is 11.6 Å². The van der Waals surface area contributed by atoms with Crippen LogP contribution in [0.1, 0.15) is 32.6 Å². The van der Waals surface area contributed by atoms with Gasteiger partial charge in [0.25, 0.3) is 5.91 Å². The average molecular weight is 457 g/mol. The van der Waals surface area contributed by atoms with Gasteiger partial charge in [-0.3, -0.25) is 9.10 Å². The number of aryl methyl sites for hydroxylation is 3. The molecule has 0 saturated heterocycles. The molecule has 1 amide bonds. The molecule has 31 heavy (non-hydrogen) atoms. The summed E-state index contributed by atoms with van der Waals surface area (Å²) in [4.78, 5) is 12.8. The molecular formula is C24H25ClN2O3S. The van der Waals surface area contributed by atoms with E-state index in [2.05, 4.69) is 5.32 Å². The number of nitrogens with zero attached hydrogens (tertiary/aromatic N) is 1. The van der Waals surface area contributed by atoms with Crippen LogP contribution in [0.4, 0.5) is 11.4 Å². The summed E-state index contributed by atoms with van der Waals surface area (Å²) in [5, 5.41) is 3.46. The average Bonchev–Trinajstić information content (AvgIpc) is 2.69. The highest BCUT2D eigenvalue weighted by Gasteiger charge is 2.20. The van der Waals surface area contributed by atoms with Gasteiger partial charge in [0.2, 0.25) is 10.0 Å². The fourth-order valence-electron chi connectivity index (χ4n) is 3.52. The summed E-state index contributed by atoms with van der Waals surface area (Å²) in [5.41, 5.74) is 5.50. The quantitative estimate of drug-likeness (QED) is 0.533. The maximum atomic E-state index is 12.8. The van der Waals surface area contributed by atoms with Crippen LogP contribution < -0.4 is 9.62 Å². The number of carbonyl (C=O) groups excluding carboxylic acids is 1. The fourth-order valence-corrected chi connectivity index (χ4v) is 4.60. The van der Waals surface area contributed by atoms with Gasteiger partial charge >= 0.3 is 0 Å². The van der Waals surface area contributed by atoms with E-state index in [1.165, 1.54) is 4.31 Å². The van der Waals surface area contributed by atoms with Gasteiger partial charge in [0.05, 0.1) is 18.5 Å². The first-order chi connectivity index (χ1) is 14.6. The smallest absolute Gasteiger partial charge is 0.255 e. The molecule has 0 aliphatic rings. The molecule has 0 aromatic heterocycles. The molecule has 0 saturated carbocycles. The highest BCUT2D eigenvalue weighted by molar-refractivity contribution is 7.92. The van der Waals surface area contributed by atoms with Gasteiger partial charge in [-0.2, -0.15) is 0 Å². The molecule has 1 N–H and O–H groups in total. The molecule has 0 atom stereocenters. The van der Waals surface area contributed by atoms with Crippen molar-refractivity contribution in [1.82, 2.24) is 0 Å². The largest absolute Gasteiger partial charge is 0.322 e. The van der Waals surface area contributed by atoms with Gasteiger partial charge < -0.3 is 5.32 Å². The van der Waals surface area contributed by atoms with Gasteiger partial charge in [-0.1, -0.05) is 47.5 Å². The normalized spacial score (nSPS) is 11.3. The summed E-state index contributed by atoms with van der Waals surface area (Å²) in [6.45, 7) is 6.03. The Bertz CT molecular complexity index is 1200. The summed E-state index contributed by atoms with van der Waals surface area (Å²) >= 11 is 6.21. The van der Waals surface area contributed by atoms with Crippen molar-refractivity contribution >= 4 is 38.9 Å². The van der Waals surface area contributed by atoms with E-state index in [-0.39, 0.29) is 12.5 Å². The van der Waals surface area contributed by atoms with Gasteiger partial charge in [0, 0.05) is 16.3 Å². The minimum Gasteiger partial charge on any atom is -0.322 e. The Labute approximate surface area is 188 Å². The first kappa shape index (κ1) is 22.8. The van der Waals surface area contributed by atoms with Crippen LogP contribution in [0.15, 0.2) is 60.7 Å². The second-order valence-electron chi connectivity index (χ2n) is 7.64. The highest BCUT2D eigenvalue weighted by atomic mass is 35.5. The van der Waals surface area contributed by atoms with Crippen molar-refractivity contribution in [3.63, 3.8) is 0 Å². The van der Waals surface area contributed by atoms with Crippen molar-refractivity contribution in [2.75, 3.05) is 15.9 Å². The van der Waals surface area contributed by atoms with Crippen molar-refractivity contribution in [3.05, 3.63) is 93.5 Å². The van der Waals surface area contributed by atoms with E-state index in [0.717, 1.165) is 28.6 Å². The van der Waals surface area contributed by atoms with E-state index in [1.807, 2.05) is 39.0 Å². The van der Waals surface area contributed by atoms with Crippen molar-refractivity contribution < 1.29 is 13.2 Å². The topological polar surface area (TPSA) is 66.5 Å². The predicted octanol–water partition coefficient (Wildman–Crippen LogP) is 5.48. The van der Waals surface area contributed by atoms with Crippen LogP contribution in [0, 0.1) is 20.8 Å². The van der Waals surface area contributed by atoms with Crippen molar-refractivity contribution in [2.45, 2.75) is 27.3 Å². The molecule has 5 nitrogen and oxygen atoms in total. The monoisotopic (exact) mass is 456 g/mol. The molecule has 3 aromatic carbocycles. The van der Waals surface area contributed by atoms with Gasteiger partial charge in [-0.25, -0.2) is 8.42 Å². The summed E-state index contributed by atoms with van der Waals surface area (Å²) < 4.78 is 26.1. The van der Waals surface area contributed by atoms with Crippen LogP contribution in [0.25, 0.3) is 0 Å². The SMILES string of the molecule is Cc1cc(C)c(NC(=O)c2ccc(N(Cc3ccccc3Cl)S(C)(=O)=O)cc2)c(C)c1. The molecule has 0 bridgehead atoms. The molecule has 7 heteroatoms. The number of hydrogen-bond donors (Lipinski definition) is 1. The van der Waals surface area contributed by atoms with E-state index in [1.54, 1.807) is 42.5 Å². The Morgan fingerprint density at radius 1 is 0.968 bits per heavy atom. The summed E-state index contributed by atoms with van der Waals surface area (Å²) in [6.07, 6.45) is 1.15. The van der Waals surface area contributed by atoms with E-state index in [9.17, 15) is 13.2 Å². The number of hydrogen-bond acceptors (Lipinski definition) is 3. The van der Waals surface area contributed by atoms with Crippen molar-refractivity contribution in [1.29, 1.82) is 0 Å². The minimum atomic E-state index is -3.56. The van der Waals surface area contributed by atoms with Gasteiger partial charge in [0.1, 0.15) is 0 Å². The van der Waals surface area contributed by atoms with Crippen LogP contribution in [-0.2, 0) is 16.6 Å². The molecule has 0 spiro atoms. The lowest BCUT2D eigenvalue weighted by molar-refractivity contribution is 0.102. The number of amides is 1. The second-order valence-corrected chi connectivity index (χ2v) is 9.95. The molecule has 0 aliphatic carbocycles. The standard InChI is InChI=1S/C24H25ClN2O3S/c1-16-13-17(2)23(18(3)14-16)26-24(28)19-9-11-21(12-10-19)27(31(4,29)30)15-20-7-5-6-8-22(20)25/h5-14H,15H2,1-4H3,(H,26,28). The zero-order chi connectivity index (χ0) is 22.8.